The maximum atomic E-state index is 7.23. The van der Waals surface area contributed by atoms with Crippen LogP contribution in [0.2, 0.25) is 0 Å². The molecular weight excluding hydrogens is 522 g/mol. The van der Waals surface area contributed by atoms with Gasteiger partial charge in [-0.3, -0.25) is 4.90 Å². The molecule has 2 heterocycles. The lowest BCUT2D eigenvalue weighted by Crippen LogP contribution is -2.76. The van der Waals surface area contributed by atoms with Gasteiger partial charge in [-0.1, -0.05) is 51.1 Å². The smallest absolute Gasteiger partial charge is 0.165 e. The van der Waals surface area contributed by atoms with E-state index in [1.54, 1.807) is 7.11 Å². The van der Waals surface area contributed by atoms with Crippen molar-refractivity contribution < 1.29 is 18.9 Å². The summed E-state index contributed by atoms with van der Waals surface area (Å²) in [5, 5.41) is 0. The Kier molecular flexibility index (Phi) is 5.23. The molecule has 42 heavy (non-hydrogen) atoms. The minimum atomic E-state index is -0.344. The predicted octanol–water partition coefficient (Wildman–Crippen LogP) is 6.43. The first kappa shape index (κ1) is 26.3. The van der Waals surface area contributed by atoms with E-state index >= 15 is 0 Å². The summed E-state index contributed by atoms with van der Waals surface area (Å²) in [7, 11) is 3.74. The Morgan fingerprint density at radius 1 is 1.02 bits per heavy atom. The highest BCUT2D eigenvalue weighted by molar-refractivity contribution is 5.65. The molecule has 0 radical (unpaired) electrons. The molecule has 2 aromatic carbocycles. The van der Waals surface area contributed by atoms with Crippen LogP contribution in [0.3, 0.4) is 0 Å². The van der Waals surface area contributed by atoms with E-state index < -0.39 is 0 Å². The van der Waals surface area contributed by atoms with Crippen LogP contribution in [0.5, 0.6) is 11.5 Å². The molecular formula is C37H47NO4. The topological polar surface area (TPSA) is 40.2 Å². The molecule has 0 amide bonds. The molecule has 6 aliphatic carbocycles. The maximum Gasteiger partial charge on any atom is 0.165 e. The van der Waals surface area contributed by atoms with Crippen LogP contribution in [0.25, 0.3) is 0 Å². The molecule has 224 valence electrons. The van der Waals surface area contributed by atoms with Crippen molar-refractivity contribution in [3.63, 3.8) is 0 Å². The van der Waals surface area contributed by atoms with Gasteiger partial charge in [0.2, 0.25) is 0 Å². The van der Waals surface area contributed by atoms with Crippen molar-refractivity contribution in [2.75, 3.05) is 33.9 Å². The summed E-state index contributed by atoms with van der Waals surface area (Å²) in [4.78, 5) is 2.93. The van der Waals surface area contributed by atoms with E-state index in [1.165, 1.54) is 73.9 Å². The van der Waals surface area contributed by atoms with Crippen molar-refractivity contribution in [1.29, 1.82) is 0 Å². The second-order valence-electron chi connectivity index (χ2n) is 16.3. The number of hydrogen-bond donors (Lipinski definition) is 0. The van der Waals surface area contributed by atoms with Gasteiger partial charge >= 0.3 is 0 Å². The molecule has 7 unspecified atom stereocenters. The SMILES string of the molecule is COc1ccc2c3c1OC1C4(OC)CCC5(CC4COCc4ccc(C(C)(C)C)cc4)C4N(CC6CC6)CC4(C2)CC315. The van der Waals surface area contributed by atoms with Crippen LogP contribution in [0.1, 0.15) is 81.5 Å². The van der Waals surface area contributed by atoms with E-state index in [2.05, 4.69) is 62.1 Å². The number of benzene rings is 2. The fourth-order valence-electron chi connectivity index (χ4n) is 11.7. The van der Waals surface area contributed by atoms with E-state index in [0.717, 1.165) is 30.4 Å². The molecule has 0 N–H and O–H groups in total. The van der Waals surface area contributed by atoms with E-state index in [4.69, 9.17) is 18.9 Å². The second-order valence-corrected chi connectivity index (χ2v) is 16.3. The zero-order chi connectivity index (χ0) is 28.7. The third kappa shape index (κ3) is 3.06. The third-order valence-corrected chi connectivity index (χ3v) is 13.3. The quantitative estimate of drug-likeness (QED) is 0.366. The van der Waals surface area contributed by atoms with Crippen LogP contribution >= 0.6 is 0 Å². The van der Waals surface area contributed by atoms with E-state index in [9.17, 15) is 0 Å². The van der Waals surface area contributed by atoms with Crippen molar-refractivity contribution in [3.8, 4) is 11.5 Å². The Labute approximate surface area is 251 Å². The summed E-state index contributed by atoms with van der Waals surface area (Å²) >= 11 is 0. The lowest BCUT2D eigenvalue weighted by Gasteiger charge is -2.68. The molecule has 0 aromatic heterocycles. The fourth-order valence-corrected chi connectivity index (χ4v) is 11.7. The minimum Gasteiger partial charge on any atom is -0.493 e. The van der Waals surface area contributed by atoms with Crippen LogP contribution in [-0.2, 0) is 33.3 Å². The summed E-state index contributed by atoms with van der Waals surface area (Å²) in [6, 6.07) is 14.2. The standard InChI is InChI=1S/C37H47NO4/c1-33(2,3)26-11-8-24(9-12-26)19-41-20-27-17-35-14-15-37(27,40-5)32-36(35)21-34(22-38(31(34)35)18-23-6-7-23)16-25-10-13-28(39-4)30(42-32)29(25)36/h8-13,23,27,31-32H,6-7,14-22H2,1-5H3. The predicted molar refractivity (Wildman–Crippen MR) is 162 cm³/mol. The van der Waals surface area contributed by atoms with Gasteiger partial charge in [-0.05, 0) is 79.0 Å². The van der Waals surface area contributed by atoms with Crippen molar-refractivity contribution >= 4 is 0 Å². The Bertz CT molecular complexity index is 1440. The van der Waals surface area contributed by atoms with Crippen LogP contribution in [-0.4, -0.2) is 56.6 Å². The van der Waals surface area contributed by atoms with Gasteiger partial charge in [-0.25, -0.2) is 0 Å². The summed E-state index contributed by atoms with van der Waals surface area (Å²) in [5.74, 6) is 3.15. The summed E-state index contributed by atoms with van der Waals surface area (Å²) in [5.41, 5.74) is 6.04. The van der Waals surface area contributed by atoms with Gasteiger partial charge in [0.25, 0.3) is 0 Å². The fraction of sp³-hybridized carbons (Fsp3) is 0.676. The number of ether oxygens (including phenoxy) is 4. The Morgan fingerprint density at radius 2 is 1.83 bits per heavy atom. The van der Waals surface area contributed by atoms with Gasteiger partial charge in [-0.15, -0.1) is 0 Å². The Morgan fingerprint density at radius 3 is 2.55 bits per heavy atom. The van der Waals surface area contributed by atoms with Crippen molar-refractivity contribution in [3.05, 3.63) is 58.7 Å². The third-order valence-electron chi connectivity index (χ3n) is 13.3. The first-order valence-corrected chi connectivity index (χ1v) is 16.5. The van der Waals surface area contributed by atoms with E-state index in [1.807, 2.05) is 7.11 Å². The maximum absolute atomic E-state index is 7.23. The van der Waals surface area contributed by atoms with Crippen LogP contribution in [0.15, 0.2) is 36.4 Å². The first-order chi connectivity index (χ1) is 20.2. The lowest BCUT2D eigenvalue weighted by molar-refractivity contribution is -0.260. The lowest BCUT2D eigenvalue weighted by atomic mass is 9.41. The summed E-state index contributed by atoms with van der Waals surface area (Å²) in [6.07, 6.45) is 8.76. The first-order valence-electron chi connectivity index (χ1n) is 16.5. The number of methoxy groups -OCH3 is 2. The summed E-state index contributed by atoms with van der Waals surface area (Å²) in [6.45, 7) is 10.7. The highest BCUT2D eigenvalue weighted by atomic mass is 16.6. The number of hydrogen-bond acceptors (Lipinski definition) is 5. The van der Waals surface area contributed by atoms with Crippen LogP contribution in [0.4, 0.5) is 0 Å². The van der Waals surface area contributed by atoms with Gasteiger partial charge in [0.05, 0.1) is 20.3 Å². The van der Waals surface area contributed by atoms with Gasteiger partial charge in [0.15, 0.2) is 11.5 Å². The Hall–Kier alpha value is -2.08. The largest absolute Gasteiger partial charge is 0.493 e. The molecule has 5 saturated carbocycles. The zero-order valence-corrected chi connectivity index (χ0v) is 26.1. The minimum absolute atomic E-state index is 0.0149. The van der Waals surface area contributed by atoms with Crippen LogP contribution < -0.4 is 9.47 Å². The number of fused-ring (bicyclic) bond motifs is 2. The molecule has 5 heteroatoms. The van der Waals surface area contributed by atoms with Crippen molar-refractivity contribution in [1.82, 2.24) is 4.90 Å². The van der Waals surface area contributed by atoms with Gasteiger partial charge < -0.3 is 18.9 Å². The summed E-state index contributed by atoms with van der Waals surface area (Å²) < 4.78 is 26.5. The van der Waals surface area contributed by atoms with E-state index in [-0.39, 0.29) is 27.9 Å². The average Bonchev–Trinajstić information content (AvgIpc) is 3.68. The normalized spacial score (nSPS) is 40.4. The molecule has 4 bridgehead atoms. The highest BCUT2D eigenvalue weighted by Gasteiger charge is 2.87. The van der Waals surface area contributed by atoms with Gasteiger partial charge in [0.1, 0.15) is 11.7 Å². The Balaban J connectivity index is 1.09. The van der Waals surface area contributed by atoms with E-state index in [0.29, 0.717) is 24.0 Å². The molecule has 2 aliphatic heterocycles. The van der Waals surface area contributed by atoms with Crippen molar-refractivity contribution in [2.24, 2.45) is 22.7 Å². The molecule has 10 rings (SSSR count). The number of nitrogens with zero attached hydrogens (tertiary/aromatic N) is 1. The second kappa shape index (κ2) is 8.34. The molecule has 1 saturated heterocycles. The monoisotopic (exact) mass is 569 g/mol. The zero-order valence-electron chi connectivity index (χ0n) is 26.1. The molecule has 7 atom stereocenters. The molecule has 5 nitrogen and oxygen atoms in total. The van der Waals surface area contributed by atoms with Gasteiger partial charge in [0, 0.05) is 54.0 Å². The molecule has 8 aliphatic rings. The highest BCUT2D eigenvalue weighted by Crippen LogP contribution is 2.83. The average molecular weight is 570 g/mol. The number of likely N-dealkylation sites (tertiary alicyclic amines) is 1. The van der Waals surface area contributed by atoms with Gasteiger partial charge in [-0.2, -0.15) is 0 Å². The number of rotatable bonds is 8. The van der Waals surface area contributed by atoms with Crippen molar-refractivity contribution in [2.45, 2.75) is 101 Å². The molecule has 6 fully saturated rings. The van der Waals surface area contributed by atoms with Crippen LogP contribution in [0, 0.1) is 22.7 Å². The molecule has 2 aromatic rings. The molecule has 3 spiro atoms.